The highest BCUT2D eigenvalue weighted by molar-refractivity contribution is 6.00. The van der Waals surface area contributed by atoms with Crippen LogP contribution in [-0.4, -0.2) is 11.6 Å². The Kier molecular flexibility index (Phi) is 5.44. The second-order valence-corrected chi connectivity index (χ2v) is 6.05. The summed E-state index contributed by atoms with van der Waals surface area (Å²) in [6, 6.07) is 26.8. The quantitative estimate of drug-likeness (QED) is 0.418. The summed E-state index contributed by atoms with van der Waals surface area (Å²) in [7, 11) is 0. The molecule has 0 fully saturated rings. The molecule has 0 heterocycles. The van der Waals surface area contributed by atoms with Gasteiger partial charge in [-0.15, -0.1) is 0 Å². The fraction of sp³-hybridized carbons (Fsp3) is 0.0909. The number of hydrazone groups is 1. The summed E-state index contributed by atoms with van der Waals surface area (Å²) >= 11 is 0. The maximum Gasteiger partial charge on any atom is 0.252 e. The number of nitrogen functional groups attached to an aromatic ring is 1. The molecule has 1 amide bonds. The van der Waals surface area contributed by atoms with Gasteiger partial charge in [-0.3, -0.25) is 4.79 Å². The highest BCUT2D eigenvalue weighted by Gasteiger charge is 2.22. The number of hydrogen-bond donors (Lipinski definition) is 2. The number of nitrogens with two attached hydrogens (primary N) is 1. The largest absolute Gasteiger partial charge is 0.399 e. The summed E-state index contributed by atoms with van der Waals surface area (Å²) in [6.07, 6.45) is 0. The van der Waals surface area contributed by atoms with Crippen molar-refractivity contribution in [3.8, 4) is 0 Å². The van der Waals surface area contributed by atoms with Crippen LogP contribution in [0.15, 0.2) is 90.0 Å². The normalized spacial score (nSPS) is 11.4. The Labute approximate surface area is 153 Å². The maximum atomic E-state index is 12.9. The number of amides is 1. The summed E-state index contributed by atoms with van der Waals surface area (Å²) in [5, 5.41) is 4.27. The van der Waals surface area contributed by atoms with Crippen LogP contribution >= 0.6 is 0 Å². The van der Waals surface area contributed by atoms with Gasteiger partial charge in [0.25, 0.3) is 5.91 Å². The zero-order chi connectivity index (χ0) is 18.4. The number of rotatable bonds is 5. The molecule has 0 aliphatic heterocycles. The van der Waals surface area contributed by atoms with Crippen LogP contribution in [-0.2, 0) is 4.79 Å². The van der Waals surface area contributed by atoms with E-state index in [2.05, 4.69) is 10.5 Å². The number of nitrogens with zero attached hydrogens (tertiary/aromatic N) is 1. The lowest BCUT2D eigenvalue weighted by atomic mass is 9.91. The Morgan fingerprint density at radius 2 is 1.46 bits per heavy atom. The lowest BCUT2D eigenvalue weighted by Crippen LogP contribution is -2.27. The van der Waals surface area contributed by atoms with Crippen LogP contribution in [0.2, 0.25) is 0 Å². The van der Waals surface area contributed by atoms with Crippen molar-refractivity contribution in [3.63, 3.8) is 0 Å². The molecule has 0 aliphatic carbocycles. The molecule has 0 aliphatic rings. The first-order valence-corrected chi connectivity index (χ1v) is 8.45. The van der Waals surface area contributed by atoms with E-state index in [4.69, 9.17) is 5.73 Å². The molecule has 0 saturated carbocycles. The lowest BCUT2D eigenvalue weighted by Gasteiger charge is -2.16. The maximum absolute atomic E-state index is 12.9. The van der Waals surface area contributed by atoms with Crippen LogP contribution in [0.4, 0.5) is 5.69 Å². The lowest BCUT2D eigenvalue weighted by molar-refractivity contribution is -0.121. The summed E-state index contributed by atoms with van der Waals surface area (Å²) in [5.41, 5.74) is 12.6. The van der Waals surface area contributed by atoms with E-state index >= 15 is 0 Å². The second kappa shape index (κ2) is 8.12. The zero-order valence-electron chi connectivity index (χ0n) is 14.6. The molecule has 0 spiro atoms. The molecule has 0 saturated heterocycles. The van der Waals surface area contributed by atoms with Gasteiger partial charge in [0.1, 0.15) is 0 Å². The predicted molar refractivity (Wildman–Crippen MR) is 106 cm³/mol. The Balaban J connectivity index is 1.86. The molecule has 3 rings (SSSR count). The van der Waals surface area contributed by atoms with E-state index in [1.54, 1.807) is 0 Å². The van der Waals surface area contributed by atoms with Crippen molar-refractivity contribution >= 4 is 17.3 Å². The van der Waals surface area contributed by atoms with Crippen LogP contribution in [0.3, 0.4) is 0 Å². The third-order valence-corrected chi connectivity index (χ3v) is 4.17. The van der Waals surface area contributed by atoms with Crippen LogP contribution in [0.1, 0.15) is 29.5 Å². The molecular formula is C22H21N3O. The molecule has 0 radical (unpaired) electrons. The molecule has 3 aromatic rings. The van der Waals surface area contributed by atoms with Crippen molar-refractivity contribution < 1.29 is 4.79 Å². The van der Waals surface area contributed by atoms with Gasteiger partial charge in [-0.1, -0.05) is 72.8 Å². The van der Waals surface area contributed by atoms with Gasteiger partial charge < -0.3 is 5.73 Å². The fourth-order valence-corrected chi connectivity index (χ4v) is 2.82. The average molecular weight is 343 g/mol. The molecule has 3 aromatic carbocycles. The molecule has 130 valence electrons. The van der Waals surface area contributed by atoms with Crippen LogP contribution in [0, 0.1) is 0 Å². The molecule has 4 nitrogen and oxygen atoms in total. The van der Waals surface area contributed by atoms with E-state index in [0.29, 0.717) is 11.4 Å². The van der Waals surface area contributed by atoms with Gasteiger partial charge in [-0.05, 0) is 35.7 Å². The highest BCUT2D eigenvalue weighted by Crippen LogP contribution is 2.24. The van der Waals surface area contributed by atoms with Crippen molar-refractivity contribution in [2.24, 2.45) is 5.10 Å². The van der Waals surface area contributed by atoms with Crippen molar-refractivity contribution in [1.29, 1.82) is 0 Å². The minimum atomic E-state index is -0.421. The number of nitrogens with one attached hydrogen (secondary N) is 1. The topological polar surface area (TPSA) is 67.5 Å². The molecule has 4 heteroatoms. The zero-order valence-corrected chi connectivity index (χ0v) is 14.6. The molecule has 3 N–H and O–H groups in total. The number of benzene rings is 3. The SMILES string of the molecule is C/C(=N\NC(=O)C(c1ccccc1)c1ccccc1)c1cccc(N)c1. The molecule has 0 aromatic heterocycles. The van der Waals surface area contributed by atoms with Crippen LogP contribution in [0.5, 0.6) is 0 Å². The minimum absolute atomic E-state index is 0.175. The molecule has 0 bridgehead atoms. The van der Waals surface area contributed by atoms with Gasteiger partial charge in [0, 0.05) is 5.69 Å². The van der Waals surface area contributed by atoms with Crippen LogP contribution < -0.4 is 11.2 Å². The Morgan fingerprint density at radius 1 is 0.885 bits per heavy atom. The summed E-state index contributed by atoms with van der Waals surface area (Å²) in [4.78, 5) is 12.9. The number of hydrogen-bond acceptors (Lipinski definition) is 3. The number of anilines is 1. The van der Waals surface area contributed by atoms with Crippen LogP contribution in [0.25, 0.3) is 0 Å². The average Bonchev–Trinajstić information content (AvgIpc) is 2.68. The van der Waals surface area contributed by atoms with E-state index in [1.165, 1.54) is 0 Å². The van der Waals surface area contributed by atoms with E-state index in [0.717, 1.165) is 16.7 Å². The van der Waals surface area contributed by atoms with Crippen molar-refractivity contribution in [1.82, 2.24) is 5.43 Å². The Morgan fingerprint density at radius 3 is 2.00 bits per heavy atom. The second-order valence-electron chi connectivity index (χ2n) is 6.05. The van der Waals surface area contributed by atoms with Crippen molar-refractivity contribution in [2.45, 2.75) is 12.8 Å². The van der Waals surface area contributed by atoms with Crippen molar-refractivity contribution in [3.05, 3.63) is 102 Å². The van der Waals surface area contributed by atoms with E-state index < -0.39 is 5.92 Å². The standard InChI is InChI=1S/C22H21N3O/c1-16(19-13-8-14-20(23)15-19)24-25-22(26)21(17-9-4-2-5-10-17)18-11-6-3-7-12-18/h2-15,21H,23H2,1H3,(H,25,26)/b24-16+. The van der Waals surface area contributed by atoms with Gasteiger partial charge in [0.2, 0.25) is 0 Å². The van der Waals surface area contributed by atoms with E-state index in [-0.39, 0.29) is 5.91 Å². The predicted octanol–water partition coefficient (Wildman–Crippen LogP) is 3.94. The Bertz CT molecular complexity index is 865. The molecule has 26 heavy (non-hydrogen) atoms. The first-order valence-electron chi connectivity index (χ1n) is 8.45. The fourth-order valence-electron chi connectivity index (χ4n) is 2.82. The number of carbonyl (C=O) groups excluding carboxylic acids is 1. The van der Waals surface area contributed by atoms with Gasteiger partial charge in [0.05, 0.1) is 11.6 Å². The summed E-state index contributed by atoms with van der Waals surface area (Å²) < 4.78 is 0. The third kappa shape index (κ3) is 4.16. The van der Waals surface area contributed by atoms with Gasteiger partial charge >= 0.3 is 0 Å². The molecular weight excluding hydrogens is 322 g/mol. The van der Waals surface area contributed by atoms with E-state index in [9.17, 15) is 4.79 Å². The summed E-state index contributed by atoms with van der Waals surface area (Å²) in [5.74, 6) is -0.597. The van der Waals surface area contributed by atoms with Gasteiger partial charge in [-0.25, -0.2) is 5.43 Å². The first-order chi connectivity index (χ1) is 12.6. The van der Waals surface area contributed by atoms with E-state index in [1.807, 2.05) is 91.9 Å². The molecule has 0 unspecified atom stereocenters. The minimum Gasteiger partial charge on any atom is -0.399 e. The number of carbonyl (C=O) groups is 1. The van der Waals surface area contributed by atoms with Gasteiger partial charge in [0.15, 0.2) is 0 Å². The monoisotopic (exact) mass is 343 g/mol. The third-order valence-electron chi connectivity index (χ3n) is 4.17. The highest BCUT2D eigenvalue weighted by atomic mass is 16.2. The van der Waals surface area contributed by atoms with Gasteiger partial charge in [-0.2, -0.15) is 5.10 Å². The first kappa shape index (κ1) is 17.4. The Hall–Kier alpha value is -3.40. The molecule has 0 atom stereocenters. The smallest absolute Gasteiger partial charge is 0.252 e. The summed E-state index contributed by atoms with van der Waals surface area (Å²) in [6.45, 7) is 1.84. The van der Waals surface area contributed by atoms with Crippen molar-refractivity contribution in [2.75, 3.05) is 5.73 Å².